The number of hydrogen-bond donors (Lipinski definition) is 2. The summed E-state index contributed by atoms with van der Waals surface area (Å²) in [5, 5.41) is 7.17. The molecule has 96 valence electrons. The van der Waals surface area contributed by atoms with Crippen LogP contribution < -0.4 is 10.5 Å². The van der Waals surface area contributed by atoms with Crippen molar-refractivity contribution in [3.8, 4) is 17.0 Å². The van der Waals surface area contributed by atoms with Gasteiger partial charge in [-0.05, 0) is 49.6 Å². The standard InChI is InChI=1S/C14H19N3O/c1-9-6-10(2)14(18-3)12(7-9)13-11(4-5-15)8-16-17-13/h6-8H,4-5,15H2,1-3H3,(H,16,17). The lowest BCUT2D eigenvalue weighted by Gasteiger charge is -2.13. The van der Waals surface area contributed by atoms with Crippen molar-refractivity contribution in [1.29, 1.82) is 0 Å². The van der Waals surface area contributed by atoms with Gasteiger partial charge in [0.05, 0.1) is 19.0 Å². The molecule has 0 fully saturated rings. The molecule has 4 nitrogen and oxygen atoms in total. The van der Waals surface area contributed by atoms with Gasteiger partial charge in [0, 0.05) is 5.56 Å². The second kappa shape index (κ2) is 5.23. The zero-order valence-corrected chi connectivity index (χ0v) is 11.1. The maximum absolute atomic E-state index is 5.62. The first-order valence-electron chi connectivity index (χ1n) is 6.05. The molecule has 0 aliphatic rings. The number of aromatic amines is 1. The number of aryl methyl sites for hydroxylation is 2. The molecule has 2 rings (SSSR count). The van der Waals surface area contributed by atoms with E-state index in [0.29, 0.717) is 6.54 Å². The van der Waals surface area contributed by atoms with Crippen LogP contribution in [0.3, 0.4) is 0 Å². The van der Waals surface area contributed by atoms with Gasteiger partial charge in [0.2, 0.25) is 0 Å². The molecule has 0 atom stereocenters. The van der Waals surface area contributed by atoms with E-state index in [2.05, 4.69) is 29.3 Å². The van der Waals surface area contributed by atoms with E-state index < -0.39 is 0 Å². The molecule has 3 N–H and O–H groups in total. The number of aromatic nitrogens is 2. The third kappa shape index (κ3) is 2.24. The summed E-state index contributed by atoms with van der Waals surface area (Å²) < 4.78 is 5.51. The SMILES string of the molecule is COc1c(C)cc(C)cc1-c1[nH]ncc1CCN. The van der Waals surface area contributed by atoms with Gasteiger partial charge in [-0.1, -0.05) is 6.07 Å². The maximum Gasteiger partial charge on any atom is 0.131 e. The lowest BCUT2D eigenvalue weighted by molar-refractivity contribution is 0.413. The van der Waals surface area contributed by atoms with Crippen molar-refractivity contribution < 1.29 is 4.74 Å². The maximum atomic E-state index is 5.62. The molecule has 1 aromatic heterocycles. The highest BCUT2D eigenvalue weighted by Gasteiger charge is 2.14. The van der Waals surface area contributed by atoms with Gasteiger partial charge in [-0.25, -0.2) is 0 Å². The Labute approximate surface area is 107 Å². The third-order valence-corrected chi connectivity index (χ3v) is 3.02. The van der Waals surface area contributed by atoms with E-state index in [1.54, 1.807) is 7.11 Å². The lowest BCUT2D eigenvalue weighted by atomic mass is 10.00. The van der Waals surface area contributed by atoms with Crippen LogP contribution in [0.5, 0.6) is 5.75 Å². The Hall–Kier alpha value is -1.81. The molecule has 4 heteroatoms. The Morgan fingerprint density at radius 2 is 2.11 bits per heavy atom. The fraction of sp³-hybridized carbons (Fsp3) is 0.357. The van der Waals surface area contributed by atoms with Gasteiger partial charge in [0.15, 0.2) is 0 Å². The molecular formula is C14H19N3O. The number of nitrogens with zero attached hydrogens (tertiary/aromatic N) is 1. The van der Waals surface area contributed by atoms with E-state index in [-0.39, 0.29) is 0 Å². The van der Waals surface area contributed by atoms with Crippen molar-refractivity contribution in [2.45, 2.75) is 20.3 Å². The van der Waals surface area contributed by atoms with Crippen molar-refractivity contribution in [3.63, 3.8) is 0 Å². The van der Waals surface area contributed by atoms with Crippen LogP contribution in [0.15, 0.2) is 18.3 Å². The topological polar surface area (TPSA) is 63.9 Å². The Kier molecular flexibility index (Phi) is 3.67. The number of ether oxygens (including phenoxy) is 1. The van der Waals surface area contributed by atoms with E-state index in [9.17, 15) is 0 Å². The highest BCUT2D eigenvalue weighted by Crippen LogP contribution is 2.34. The van der Waals surface area contributed by atoms with Crippen molar-refractivity contribution in [1.82, 2.24) is 10.2 Å². The number of H-pyrrole nitrogens is 1. The average molecular weight is 245 g/mol. The molecule has 18 heavy (non-hydrogen) atoms. The van der Waals surface area contributed by atoms with Gasteiger partial charge >= 0.3 is 0 Å². The number of nitrogens with one attached hydrogen (secondary N) is 1. The molecule has 2 aromatic rings. The number of hydrogen-bond acceptors (Lipinski definition) is 3. The zero-order valence-electron chi connectivity index (χ0n) is 11.1. The summed E-state index contributed by atoms with van der Waals surface area (Å²) in [4.78, 5) is 0. The van der Waals surface area contributed by atoms with E-state index >= 15 is 0 Å². The molecule has 0 saturated heterocycles. The molecule has 0 unspecified atom stereocenters. The minimum atomic E-state index is 0.611. The van der Waals surface area contributed by atoms with Gasteiger partial charge in [-0.3, -0.25) is 5.10 Å². The number of methoxy groups -OCH3 is 1. The van der Waals surface area contributed by atoms with Gasteiger partial charge in [0.1, 0.15) is 5.75 Å². The monoisotopic (exact) mass is 245 g/mol. The van der Waals surface area contributed by atoms with Crippen LogP contribution in [0.1, 0.15) is 16.7 Å². The van der Waals surface area contributed by atoms with Crippen LogP contribution in [-0.2, 0) is 6.42 Å². The van der Waals surface area contributed by atoms with Gasteiger partial charge in [-0.2, -0.15) is 5.10 Å². The van der Waals surface area contributed by atoms with Gasteiger partial charge < -0.3 is 10.5 Å². The smallest absolute Gasteiger partial charge is 0.131 e. The molecule has 0 radical (unpaired) electrons. The molecule has 0 bridgehead atoms. The van der Waals surface area contributed by atoms with Crippen LogP contribution >= 0.6 is 0 Å². The van der Waals surface area contributed by atoms with E-state index in [4.69, 9.17) is 10.5 Å². The highest BCUT2D eigenvalue weighted by molar-refractivity contribution is 5.72. The fourth-order valence-corrected chi connectivity index (χ4v) is 2.30. The summed E-state index contributed by atoms with van der Waals surface area (Å²) in [5.74, 6) is 0.892. The minimum Gasteiger partial charge on any atom is -0.496 e. The molecule has 0 spiro atoms. The van der Waals surface area contributed by atoms with Crippen molar-refractivity contribution in [2.24, 2.45) is 5.73 Å². The normalized spacial score (nSPS) is 10.7. The largest absolute Gasteiger partial charge is 0.496 e. The van der Waals surface area contributed by atoms with Crippen molar-refractivity contribution >= 4 is 0 Å². The summed E-state index contributed by atoms with van der Waals surface area (Å²) in [6.45, 7) is 4.74. The summed E-state index contributed by atoms with van der Waals surface area (Å²) >= 11 is 0. The first-order chi connectivity index (χ1) is 8.67. The number of nitrogens with two attached hydrogens (primary N) is 1. The van der Waals surface area contributed by atoms with Gasteiger partial charge in [-0.15, -0.1) is 0 Å². The van der Waals surface area contributed by atoms with E-state index in [1.807, 2.05) is 13.1 Å². The first kappa shape index (κ1) is 12.6. The van der Waals surface area contributed by atoms with Gasteiger partial charge in [0.25, 0.3) is 0 Å². The minimum absolute atomic E-state index is 0.611. The molecule has 1 heterocycles. The fourth-order valence-electron chi connectivity index (χ4n) is 2.30. The summed E-state index contributed by atoms with van der Waals surface area (Å²) in [5.41, 5.74) is 11.1. The number of benzene rings is 1. The predicted octanol–water partition coefficient (Wildman–Crippen LogP) is 2.20. The van der Waals surface area contributed by atoms with Crippen LogP contribution in [0.2, 0.25) is 0 Å². The Morgan fingerprint density at radius 1 is 1.33 bits per heavy atom. The summed E-state index contributed by atoms with van der Waals surface area (Å²) in [6.07, 6.45) is 2.64. The third-order valence-electron chi connectivity index (χ3n) is 3.02. The quantitative estimate of drug-likeness (QED) is 0.868. The predicted molar refractivity (Wildman–Crippen MR) is 72.8 cm³/mol. The molecule has 1 aromatic carbocycles. The van der Waals surface area contributed by atoms with Crippen LogP contribution in [0.4, 0.5) is 0 Å². The van der Waals surface area contributed by atoms with E-state index in [0.717, 1.165) is 34.6 Å². The van der Waals surface area contributed by atoms with Crippen LogP contribution in [0.25, 0.3) is 11.3 Å². The molecule has 0 saturated carbocycles. The zero-order chi connectivity index (χ0) is 13.1. The second-order valence-electron chi connectivity index (χ2n) is 4.47. The Bertz CT molecular complexity index is 546. The van der Waals surface area contributed by atoms with E-state index in [1.165, 1.54) is 5.56 Å². The summed E-state index contributed by atoms with van der Waals surface area (Å²) in [7, 11) is 1.69. The average Bonchev–Trinajstić information content (AvgIpc) is 2.76. The van der Waals surface area contributed by atoms with Crippen molar-refractivity contribution in [2.75, 3.05) is 13.7 Å². The molecule has 0 aliphatic carbocycles. The first-order valence-corrected chi connectivity index (χ1v) is 6.05. The summed E-state index contributed by atoms with van der Waals surface area (Å²) in [6, 6.07) is 4.22. The lowest BCUT2D eigenvalue weighted by Crippen LogP contribution is -2.03. The molecule has 0 aliphatic heterocycles. The second-order valence-corrected chi connectivity index (χ2v) is 4.47. The Morgan fingerprint density at radius 3 is 2.78 bits per heavy atom. The molecular weight excluding hydrogens is 226 g/mol. The molecule has 0 amide bonds. The van der Waals surface area contributed by atoms with Crippen LogP contribution in [0, 0.1) is 13.8 Å². The van der Waals surface area contributed by atoms with Crippen molar-refractivity contribution in [3.05, 3.63) is 35.0 Å². The highest BCUT2D eigenvalue weighted by atomic mass is 16.5. The number of rotatable bonds is 4. The van der Waals surface area contributed by atoms with Crippen LogP contribution in [-0.4, -0.2) is 23.9 Å². The Balaban J connectivity index is 2.58.